The number of nitrogens with one attached hydrogen (secondary N) is 1. The third kappa shape index (κ3) is 3.15. The third-order valence-corrected chi connectivity index (χ3v) is 4.35. The molecule has 0 aromatic carbocycles. The van der Waals surface area contributed by atoms with E-state index in [2.05, 4.69) is 14.7 Å². The van der Waals surface area contributed by atoms with Gasteiger partial charge in [-0.1, -0.05) is 23.2 Å². The summed E-state index contributed by atoms with van der Waals surface area (Å²) in [7, 11) is -3.85. The minimum absolute atomic E-state index is 0.0641. The average Bonchev–Trinajstić information content (AvgIpc) is 2.34. The molecule has 100 valence electrons. The summed E-state index contributed by atoms with van der Waals surface area (Å²) in [5.41, 5.74) is 0.973. The third-order valence-electron chi connectivity index (χ3n) is 2.23. The Hall–Kier alpha value is -1.37. The molecule has 19 heavy (non-hydrogen) atoms. The normalized spacial score (nSPS) is 11.3. The van der Waals surface area contributed by atoms with E-state index in [1.54, 1.807) is 13.0 Å². The highest BCUT2D eigenvalue weighted by Gasteiger charge is 2.19. The molecule has 0 aliphatic heterocycles. The molecule has 0 amide bonds. The molecule has 0 radical (unpaired) electrons. The number of rotatable bonds is 3. The Morgan fingerprint density at radius 1 is 1.21 bits per heavy atom. The molecule has 0 fully saturated rings. The predicted octanol–water partition coefficient (Wildman–Crippen LogP) is 2.89. The second-order valence-corrected chi connectivity index (χ2v) is 6.12. The van der Waals surface area contributed by atoms with Crippen LogP contribution in [0.5, 0.6) is 0 Å². The highest BCUT2D eigenvalue weighted by Crippen LogP contribution is 2.25. The van der Waals surface area contributed by atoms with Gasteiger partial charge in [-0.2, -0.15) is 0 Å². The summed E-state index contributed by atoms with van der Waals surface area (Å²) < 4.78 is 26.7. The van der Waals surface area contributed by atoms with Crippen LogP contribution in [0.1, 0.15) is 5.56 Å². The first-order valence-electron chi connectivity index (χ1n) is 5.15. The largest absolute Gasteiger partial charge is 0.276 e. The van der Waals surface area contributed by atoms with Gasteiger partial charge in [-0.25, -0.2) is 18.4 Å². The molecule has 2 heterocycles. The molecule has 8 heteroatoms. The predicted molar refractivity (Wildman–Crippen MR) is 74.0 cm³/mol. The molecule has 2 aromatic rings. The lowest BCUT2D eigenvalue weighted by Crippen LogP contribution is -2.14. The molecule has 0 spiro atoms. The number of anilines is 1. The van der Waals surface area contributed by atoms with E-state index in [0.717, 1.165) is 5.56 Å². The first kappa shape index (κ1) is 14.0. The zero-order valence-electron chi connectivity index (χ0n) is 9.76. The lowest BCUT2D eigenvalue weighted by molar-refractivity contribution is 0.601. The first-order valence-corrected chi connectivity index (χ1v) is 7.39. The molecule has 2 aromatic heterocycles. The Kier molecular flexibility index (Phi) is 3.93. The van der Waals surface area contributed by atoms with E-state index in [4.69, 9.17) is 23.2 Å². The number of nitrogens with zero attached hydrogens (tertiary/aromatic N) is 2. The van der Waals surface area contributed by atoms with Crippen molar-refractivity contribution in [3.8, 4) is 0 Å². The van der Waals surface area contributed by atoms with Crippen LogP contribution in [-0.2, 0) is 10.0 Å². The van der Waals surface area contributed by atoms with Crippen molar-refractivity contribution in [2.24, 2.45) is 0 Å². The van der Waals surface area contributed by atoms with E-state index in [1.807, 2.05) is 0 Å². The average molecular weight is 318 g/mol. The molecule has 0 aliphatic rings. The standard InChI is InChI=1S/C11H9Cl2N3O2S/c1-7-5-8(10(12)15-6-7)16-19(17,18)9-3-2-4-14-11(9)13/h2-6,16H,1H3. The number of halogens is 2. The molecule has 0 bridgehead atoms. The van der Waals surface area contributed by atoms with Crippen molar-refractivity contribution < 1.29 is 8.42 Å². The smallest absolute Gasteiger partial charge is 0.265 e. The number of aromatic nitrogens is 2. The second kappa shape index (κ2) is 5.32. The molecule has 0 aliphatic carbocycles. The number of aryl methyl sites for hydroxylation is 1. The summed E-state index contributed by atoms with van der Waals surface area (Å²) in [5.74, 6) is 0. The summed E-state index contributed by atoms with van der Waals surface area (Å²) >= 11 is 11.6. The molecular formula is C11H9Cl2N3O2S. The fourth-order valence-electron chi connectivity index (χ4n) is 1.40. The zero-order chi connectivity index (χ0) is 14.0. The molecule has 0 atom stereocenters. The van der Waals surface area contributed by atoms with Gasteiger partial charge in [0.05, 0.1) is 5.69 Å². The lowest BCUT2D eigenvalue weighted by atomic mass is 10.3. The number of pyridine rings is 2. The minimum Gasteiger partial charge on any atom is -0.276 e. The maximum Gasteiger partial charge on any atom is 0.265 e. The highest BCUT2D eigenvalue weighted by atomic mass is 35.5. The van der Waals surface area contributed by atoms with Crippen molar-refractivity contribution >= 4 is 38.9 Å². The molecule has 0 saturated carbocycles. The van der Waals surface area contributed by atoms with Crippen molar-refractivity contribution in [3.05, 3.63) is 46.5 Å². The van der Waals surface area contributed by atoms with Crippen LogP contribution < -0.4 is 4.72 Å². The van der Waals surface area contributed by atoms with E-state index in [1.165, 1.54) is 24.5 Å². The number of hydrogen-bond acceptors (Lipinski definition) is 4. The lowest BCUT2D eigenvalue weighted by Gasteiger charge is -2.10. The van der Waals surface area contributed by atoms with Crippen LogP contribution >= 0.6 is 23.2 Å². The molecule has 2 rings (SSSR count). The Bertz CT molecular complexity index is 720. The van der Waals surface area contributed by atoms with Crippen LogP contribution in [0, 0.1) is 6.92 Å². The van der Waals surface area contributed by atoms with Crippen LogP contribution in [-0.4, -0.2) is 18.4 Å². The van der Waals surface area contributed by atoms with Crippen molar-refractivity contribution in [1.29, 1.82) is 0 Å². The van der Waals surface area contributed by atoms with E-state index >= 15 is 0 Å². The number of sulfonamides is 1. The Morgan fingerprint density at radius 2 is 1.95 bits per heavy atom. The molecule has 0 saturated heterocycles. The van der Waals surface area contributed by atoms with E-state index in [9.17, 15) is 8.42 Å². The summed E-state index contributed by atoms with van der Waals surface area (Å²) in [6.07, 6.45) is 2.94. The monoisotopic (exact) mass is 317 g/mol. The SMILES string of the molecule is Cc1cnc(Cl)c(NS(=O)(=O)c2cccnc2Cl)c1. The Balaban J connectivity index is 2.43. The molecule has 1 N–H and O–H groups in total. The van der Waals surface area contributed by atoms with Gasteiger partial charge in [-0.05, 0) is 30.7 Å². The van der Waals surface area contributed by atoms with Crippen LogP contribution in [0.25, 0.3) is 0 Å². The van der Waals surface area contributed by atoms with Gasteiger partial charge in [-0.15, -0.1) is 0 Å². The maximum absolute atomic E-state index is 12.2. The van der Waals surface area contributed by atoms with Gasteiger partial charge in [-0.3, -0.25) is 4.72 Å². The van der Waals surface area contributed by atoms with Gasteiger partial charge in [0, 0.05) is 12.4 Å². The zero-order valence-corrected chi connectivity index (χ0v) is 12.1. The van der Waals surface area contributed by atoms with E-state index < -0.39 is 10.0 Å². The fraction of sp³-hybridized carbons (Fsp3) is 0.0909. The fourth-order valence-corrected chi connectivity index (χ4v) is 3.11. The van der Waals surface area contributed by atoms with Gasteiger partial charge in [0.25, 0.3) is 10.0 Å². The van der Waals surface area contributed by atoms with Crippen molar-refractivity contribution in [2.45, 2.75) is 11.8 Å². The minimum atomic E-state index is -3.85. The van der Waals surface area contributed by atoms with Gasteiger partial charge >= 0.3 is 0 Å². The Morgan fingerprint density at radius 3 is 2.63 bits per heavy atom. The van der Waals surface area contributed by atoms with Gasteiger partial charge in [0.15, 0.2) is 5.15 Å². The van der Waals surface area contributed by atoms with Crippen molar-refractivity contribution in [2.75, 3.05) is 4.72 Å². The maximum atomic E-state index is 12.2. The molecular weight excluding hydrogens is 309 g/mol. The highest BCUT2D eigenvalue weighted by molar-refractivity contribution is 7.92. The Labute approximate surface area is 120 Å². The second-order valence-electron chi connectivity index (χ2n) is 3.75. The van der Waals surface area contributed by atoms with Crippen LogP contribution in [0.3, 0.4) is 0 Å². The van der Waals surface area contributed by atoms with E-state index in [0.29, 0.717) is 0 Å². The summed E-state index contributed by atoms with van der Waals surface area (Å²) in [6, 6.07) is 4.42. The van der Waals surface area contributed by atoms with Crippen molar-refractivity contribution in [1.82, 2.24) is 9.97 Å². The summed E-state index contributed by atoms with van der Waals surface area (Å²) in [4.78, 5) is 7.48. The van der Waals surface area contributed by atoms with Crippen LogP contribution in [0.4, 0.5) is 5.69 Å². The van der Waals surface area contributed by atoms with Gasteiger partial charge < -0.3 is 0 Å². The van der Waals surface area contributed by atoms with Crippen LogP contribution in [0.2, 0.25) is 10.3 Å². The topological polar surface area (TPSA) is 72.0 Å². The first-order chi connectivity index (χ1) is 8.90. The summed E-state index contributed by atoms with van der Waals surface area (Å²) in [6.45, 7) is 1.78. The summed E-state index contributed by atoms with van der Waals surface area (Å²) in [5, 5.41) is -0.0408. The van der Waals surface area contributed by atoms with Gasteiger partial charge in [0.2, 0.25) is 0 Å². The van der Waals surface area contributed by atoms with Crippen LogP contribution in [0.15, 0.2) is 35.5 Å². The van der Waals surface area contributed by atoms with Crippen molar-refractivity contribution in [3.63, 3.8) is 0 Å². The quantitative estimate of drug-likeness (QED) is 0.883. The van der Waals surface area contributed by atoms with E-state index in [-0.39, 0.29) is 20.9 Å². The number of hydrogen-bond donors (Lipinski definition) is 1. The molecule has 5 nitrogen and oxygen atoms in total. The van der Waals surface area contributed by atoms with Gasteiger partial charge in [0.1, 0.15) is 10.0 Å². The molecule has 0 unspecified atom stereocenters.